The number of morpholine rings is 1. The van der Waals surface area contributed by atoms with Gasteiger partial charge in [0.1, 0.15) is 0 Å². The molecule has 1 saturated heterocycles. The topological polar surface area (TPSA) is 41.6 Å². The van der Waals surface area contributed by atoms with Crippen molar-refractivity contribution < 1.29 is 9.53 Å². The van der Waals surface area contributed by atoms with Crippen molar-refractivity contribution in [2.75, 3.05) is 13.1 Å². The van der Waals surface area contributed by atoms with Crippen molar-refractivity contribution in [3.63, 3.8) is 0 Å². The number of urea groups is 1. The van der Waals surface area contributed by atoms with Crippen LogP contribution in [0.4, 0.5) is 4.79 Å². The largest absolute Gasteiger partial charge is 0.372 e. The molecule has 1 saturated carbocycles. The zero-order valence-corrected chi connectivity index (χ0v) is 9.98. The number of ether oxygens (including phenoxy) is 1. The minimum atomic E-state index is -0.0149. The van der Waals surface area contributed by atoms with Crippen molar-refractivity contribution in [3.05, 3.63) is 12.3 Å². The molecule has 2 rings (SSSR count). The number of hydrogen-bond donors (Lipinski definition) is 1. The number of amides is 2. The highest BCUT2D eigenvalue weighted by Crippen LogP contribution is 2.29. The van der Waals surface area contributed by atoms with Gasteiger partial charge in [-0.05, 0) is 32.6 Å². The van der Waals surface area contributed by atoms with Crippen molar-refractivity contribution in [3.8, 4) is 0 Å². The molecular weight excluding hydrogens is 204 g/mol. The summed E-state index contributed by atoms with van der Waals surface area (Å²) in [7, 11) is 0. The van der Waals surface area contributed by atoms with Crippen LogP contribution in [0.25, 0.3) is 0 Å². The molecule has 2 aliphatic rings. The molecule has 90 valence electrons. The normalized spacial score (nSPS) is 30.8. The van der Waals surface area contributed by atoms with Gasteiger partial charge < -0.3 is 15.0 Å². The number of carbonyl (C=O) groups excluding carboxylic acids is 1. The number of carbonyl (C=O) groups is 1. The van der Waals surface area contributed by atoms with Crippen molar-refractivity contribution in [2.24, 2.45) is 5.92 Å². The Bertz CT molecular complexity index is 277. The molecule has 2 unspecified atom stereocenters. The molecule has 2 fully saturated rings. The van der Waals surface area contributed by atoms with Gasteiger partial charge in [0.2, 0.25) is 0 Å². The van der Waals surface area contributed by atoms with E-state index in [0.29, 0.717) is 19.0 Å². The third kappa shape index (κ3) is 3.23. The summed E-state index contributed by atoms with van der Waals surface area (Å²) in [6, 6.07) is -0.0149. The quantitative estimate of drug-likeness (QED) is 0.776. The molecule has 16 heavy (non-hydrogen) atoms. The van der Waals surface area contributed by atoms with E-state index in [9.17, 15) is 4.79 Å². The van der Waals surface area contributed by atoms with Gasteiger partial charge >= 0.3 is 6.03 Å². The van der Waals surface area contributed by atoms with Gasteiger partial charge in [0.05, 0.1) is 12.2 Å². The first kappa shape index (κ1) is 11.5. The molecule has 4 heteroatoms. The van der Waals surface area contributed by atoms with Crippen LogP contribution in [-0.4, -0.2) is 36.2 Å². The Hall–Kier alpha value is -1.03. The van der Waals surface area contributed by atoms with Crippen LogP contribution in [0.2, 0.25) is 0 Å². The lowest BCUT2D eigenvalue weighted by molar-refractivity contribution is -0.0541. The second-order valence-corrected chi connectivity index (χ2v) is 4.81. The van der Waals surface area contributed by atoms with Gasteiger partial charge in [-0.2, -0.15) is 0 Å². The summed E-state index contributed by atoms with van der Waals surface area (Å²) >= 11 is 0. The predicted octanol–water partition coefficient (Wildman–Crippen LogP) is 1.73. The molecule has 2 atom stereocenters. The van der Waals surface area contributed by atoms with Crippen LogP contribution in [-0.2, 0) is 4.74 Å². The van der Waals surface area contributed by atoms with E-state index in [1.54, 1.807) is 6.20 Å². The van der Waals surface area contributed by atoms with E-state index < -0.39 is 0 Å². The Morgan fingerprint density at radius 2 is 1.94 bits per heavy atom. The molecule has 0 bridgehead atoms. The van der Waals surface area contributed by atoms with E-state index in [2.05, 4.69) is 11.4 Å². The Labute approximate surface area is 96.6 Å². The number of nitrogens with one attached hydrogen (secondary N) is 1. The fraction of sp³-hybridized carbons (Fsp3) is 0.750. The lowest BCUT2D eigenvalue weighted by Crippen LogP contribution is -2.50. The molecule has 1 aliphatic heterocycles. The highest BCUT2D eigenvalue weighted by atomic mass is 16.5. The summed E-state index contributed by atoms with van der Waals surface area (Å²) in [5.74, 6) is 0.697. The molecule has 0 aromatic carbocycles. The van der Waals surface area contributed by atoms with Crippen LogP contribution >= 0.6 is 0 Å². The van der Waals surface area contributed by atoms with Crippen molar-refractivity contribution in [1.82, 2.24) is 10.2 Å². The number of hydrogen-bond acceptors (Lipinski definition) is 2. The summed E-state index contributed by atoms with van der Waals surface area (Å²) in [6.07, 6.45) is 6.63. The predicted molar refractivity (Wildman–Crippen MR) is 62.0 cm³/mol. The molecule has 1 heterocycles. The van der Waals surface area contributed by atoms with Crippen LogP contribution in [0.1, 0.15) is 26.7 Å². The van der Waals surface area contributed by atoms with Gasteiger partial charge in [0.15, 0.2) is 0 Å². The smallest absolute Gasteiger partial charge is 0.321 e. The molecule has 4 nitrogen and oxygen atoms in total. The Balaban J connectivity index is 1.78. The fourth-order valence-corrected chi connectivity index (χ4v) is 1.98. The van der Waals surface area contributed by atoms with Crippen LogP contribution in [0.15, 0.2) is 12.3 Å². The zero-order chi connectivity index (χ0) is 11.5. The van der Waals surface area contributed by atoms with E-state index in [0.717, 1.165) is 0 Å². The van der Waals surface area contributed by atoms with Crippen molar-refractivity contribution in [1.29, 1.82) is 0 Å². The highest BCUT2D eigenvalue weighted by molar-refractivity contribution is 5.75. The average molecular weight is 224 g/mol. The Morgan fingerprint density at radius 1 is 1.31 bits per heavy atom. The number of nitrogens with zero attached hydrogens (tertiary/aromatic N) is 1. The summed E-state index contributed by atoms with van der Waals surface area (Å²) in [5, 5.41) is 2.82. The maximum Gasteiger partial charge on any atom is 0.321 e. The third-order valence-electron chi connectivity index (χ3n) is 2.90. The van der Waals surface area contributed by atoms with Crippen molar-refractivity contribution >= 4 is 6.03 Å². The highest BCUT2D eigenvalue weighted by Gasteiger charge is 2.25. The SMILES string of the molecule is CC1CN(C(=O)N/C=C/C2CC2)CC(C)O1. The molecular formula is C12H20N2O2. The van der Waals surface area contributed by atoms with Gasteiger partial charge in [-0.25, -0.2) is 4.79 Å². The van der Waals surface area contributed by atoms with Gasteiger partial charge in [0, 0.05) is 19.3 Å². The summed E-state index contributed by atoms with van der Waals surface area (Å²) in [4.78, 5) is 13.6. The summed E-state index contributed by atoms with van der Waals surface area (Å²) in [6.45, 7) is 5.34. The first-order chi connectivity index (χ1) is 7.65. The van der Waals surface area contributed by atoms with E-state index >= 15 is 0 Å². The first-order valence-corrected chi connectivity index (χ1v) is 6.02. The Kier molecular flexibility index (Phi) is 3.49. The monoisotopic (exact) mass is 224 g/mol. The molecule has 0 aromatic rings. The lowest BCUT2D eigenvalue weighted by Gasteiger charge is -2.34. The lowest BCUT2D eigenvalue weighted by atomic mass is 10.2. The fourth-order valence-electron chi connectivity index (χ4n) is 1.98. The second kappa shape index (κ2) is 4.87. The van der Waals surface area contributed by atoms with Gasteiger partial charge in [0.25, 0.3) is 0 Å². The van der Waals surface area contributed by atoms with Crippen LogP contribution in [0, 0.1) is 5.92 Å². The van der Waals surface area contributed by atoms with Crippen LogP contribution in [0.5, 0.6) is 0 Å². The zero-order valence-electron chi connectivity index (χ0n) is 9.98. The standard InChI is InChI=1S/C12H20N2O2/c1-9-7-14(8-10(2)16-9)12(15)13-6-5-11-3-4-11/h5-6,9-11H,3-4,7-8H2,1-2H3,(H,13,15)/b6-5+. The molecule has 0 spiro atoms. The maximum atomic E-state index is 11.8. The maximum absolute atomic E-state index is 11.8. The van der Waals surface area contributed by atoms with Gasteiger partial charge in [-0.3, -0.25) is 0 Å². The number of rotatable bonds is 2. The summed E-state index contributed by atoms with van der Waals surface area (Å²) in [5.41, 5.74) is 0. The third-order valence-corrected chi connectivity index (χ3v) is 2.90. The van der Waals surface area contributed by atoms with Crippen LogP contribution in [0.3, 0.4) is 0 Å². The van der Waals surface area contributed by atoms with E-state index in [4.69, 9.17) is 4.74 Å². The van der Waals surface area contributed by atoms with Gasteiger partial charge in [-0.15, -0.1) is 0 Å². The summed E-state index contributed by atoms with van der Waals surface area (Å²) < 4.78 is 5.58. The minimum Gasteiger partial charge on any atom is -0.372 e. The second-order valence-electron chi connectivity index (χ2n) is 4.81. The van der Waals surface area contributed by atoms with Gasteiger partial charge in [-0.1, -0.05) is 6.08 Å². The van der Waals surface area contributed by atoms with E-state index in [1.165, 1.54) is 12.8 Å². The first-order valence-electron chi connectivity index (χ1n) is 6.02. The Morgan fingerprint density at radius 3 is 2.50 bits per heavy atom. The molecule has 2 amide bonds. The van der Waals surface area contributed by atoms with Crippen LogP contribution < -0.4 is 5.32 Å². The number of allylic oxidation sites excluding steroid dienone is 1. The van der Waals surface area contributed by atoms with E-state index in [1.807, 2.05) is 18.7 Å². The molecule has 1 aliphatic carbocycles. The minimum absolute atomic E-state index is 0.0149. The molecule has 1 N–H and O–H groups in total. The van der Waals surface area contributed by atoms with E-state index in [-0.39, 0.29) is 18.2 Å². The van der Waals surface area contributed by atoms with Crippen molar-refractivity contribution in [2.45, 2.75) is 38.9 Å². The molecule has 0 radical (unpaired) electrons. The average Bonchev–Trinajstić information content (AvgIpc) is 3.00. The molecule has 0 aromatic heterocycles.